The van der Waals surface area contributed by atoms with Gasteiger partial charge in [-0.15, -0.1) is 0 Å². The van der Waals surface area contributed by atoms with Crippen molar-refractivity contribution in [1.82, 2.24) is 10.7 Å². The number of carbonyl (C=O) groups is 2. The van der Waals surface area contributed by atoms with Crippen LogP contribution in [0.25, 0.3) is 0 Å². The summed E-state index contributed by atoms with van der Waals surface area (Å²) >= 11 is 6.64. The van der Waals surface area contributed by atoms with E-state index in [0.717, 1.165) is 14.5 Å². The first-order valence-corrected chi connectivity index (χ1v) is 8.24. The number of hydrogen-bond acceptors (Lipinski definition) is 3. The van der Waals surface area contributed by atoms with Crippen LogP contribution in [-0.2, 0) is 4.79 Å². The molecule has 2 N–H and O–H groups in total. The maximum atomic E-state index is 11.9. The zero-order chi connectivity index (χ0) is 16.7. The van der Waals surface area contributed by atoms with E-state index < -0.39 is 5.91 Å². The van der Waals surface area contributed by atoms with E-state index in [1.165, 1.54) is 6.21 Å². The lowest BCUT2D eigenvalue weighted by Crippen LogP contribution is -2.34. The van der Waals surface area contributed by atoms with Gasteiger partial charge in [-0.1, -0.05) is 50.1 Å². The number of nitrogens with one attached hydrogen (secondary N) is 2. The van der Waals surface area contributed by atoms with Gasteiger partial charge in [0.15, 0.2) is 0 Å². The maximum Gasteiger partial charge on any atom is 0.259 e. The van der Waals surface area contributed by atoms with Gasteiger partial charge < -0.3 is 5.32 Å². The Balaban J connectivity index is 1.80. The lowest BCUT2D eigenvalue weighted by Gasteiger charge is -2.04. The van der Waals surface area contributed by atoms with Gasteiger partial charge in [-0.2, -0.15) is 5.10 Å². The second-order valence-electron chi connectivity index (χ2n) is 4.54. The molecule has 2 aromatic carbocycles. The fourth-order valence-electron chi connectivity index (χ4n) is 1.70. The molecule has 0 atom stereocenters. The van der Waals surface area contributed by atoms with E-state index in [1.54, 1.807) is 18.2 Å². The third-order valence-corrected chi connectivity index (χ3v) is 3.73. The van der Waals surface area contributed by atoms with Gasteiger partial charge in [0.2, 0.25) is 0 Å². The second kappa shape index (κ2) is 8.59. The quantitative estimate of drug-likeness (QED) is 0.556. The van der Waals surface area contributed by atoms with Crippen molar-refractivity contribution in [3.63, 3.8) is 0 Å². The summed E-state index contributed by atoms with van der Waals surface area (Å²) in [4.78, 5) is 23.5. The van der Waals surface area contributed by atoms with Gasteiger partial charge in [0.1, 0.15) is 0 Å². The summed E-state index contributed by atoms with van der Waals surface area (Å²) in [5.74, 6) is -0.725. The van der Waals surface area contributed by atoms with Crippen molar-refractivity contribution in [3.05, 3.63) is 68.6 Å². The monoisotopic (exact) mass is 437 g/mol. The normalized spacial score (nSPS) is 10.5. The predicted molar refractivity (Wildman–Crippen MR) is 96.4 cm³/mol. The van der Waals surface area contributed by atoms with Crippen LogP contribution in [-0.4, -0.2) is 24.6 Å². The van der Waals surface area contributed by atoms with Crippen molar-refractivity contribution in [1.29, 1.82) is 0 Å². The Morgan fingerprint density at radius 2 is 1.74 bits per heavy atom. The Hall–Kier alpha value is -1.99. The Kier molecular flexibility index (Phi) is 6.49. The molecule has 0 aromatic heterocycles. The number of hydrazone groups is 1. The number of nitrogens with zero attached hydrogens (tertiary/aromatic N) is 1. The highest BCUT2D eigenvalue weighted by Gasteiger charge is 2.07. The van der Waals surface area contributed by atoms with E-state index in [4.69, 9.17) is 0 Å². The van der Waals surface area contributed by atoms with Gasteiger partial charge in [-0.05, 0) is 35.9 Å². The fourth-order valence-corrected chi connectivity index (χ4v) is 2.51. The van der Waals surface area contributed by atoms with Crippen molar-refractivity contribution in [2.24, 2.45) is 5.10 Å². The third kappa shape index (κ3) is 5.96. The van der Waals surface area contributed by atoms with Crippen LogP contribution < -0.4 is 10.7 Å². The smallest absolute Gasteiger partial charge is 0.259 e. The third-order valence-electron chi connectivity index (χ3n) is 2.75. The summed E-state index contributed by atoms with van der Waals surface area (Å²) in [6.45, 7) is -0.152. The van der Waals surface area contributed by atoms with E-state index in [1.807, 2.05) is 30.3 Å². The van der Waals surface area contributed by atoms with E-state index in [0.29, 0.717) is 5.56 Å². The van der Waals surface area contributed by atoms with Crippen molar-refractivity contribution >= 4 is 49.9 Å². The van der Waals surface area contributed by atoms with Crippen LogP contribution in [0.2, 0.25) is 0 Å². The number of hydrogen-bond donors (Lipinski definition) is 2. The highest BCUT2D eigenvalue weighted by molar-refractivity contribution is 9.10. The molecule has 0 saturated heterocycles. The molecule has 118 valence electrons. The van der Waals surface area contributed by atoms with Crippen molar-refractivity contribution in [3.8, 4) is 0 Å². The molecule has 0 radical (unpaired) electrons. The average Bonchev–Trinajstić information content (AvgIpc) is 2.52. The molecular formula is C16H13Br2N3O2. The second-order valence-corrected chi connectivity index (χ2v) is 6.37. The molecule has 0 aliphatic heterocycles. The molecule has 7 heteroatoms. The zero-order valence-corrected chi connectivity index (χ0v) is 15.1. The first-order valence-electron chi connectivity index (χ1n) is 6.66. The molecule has 2 rings (SSSR count). The molecule has 2 amide bonds. The Morgan fingerprint density at radius 3 is 2.43 bits per heavy atom. The Labute approximate surface area is 150 Å². The van der Waals surface area contributed by atoms with E-state index in [9.17, 15) is 9.59 Å². The number of rotatable bonds is 5. The van der Waals surface area contributed by atoms with Gasteiger partial charge in [0.25, 0.3) is 11.8 Å². The van der Waals surface area contributed by atoms with Crippen LogP contribution in [0.5, 0.6) is 0 Å². The minimum absolute atomic E-state index is 0.152. The molecule has 0 bridgehead atoms. The SMILES string of the molecule is O=C(CNC(=O)c1cccc(Br)c1)N/N=C\c1cccc(Br)c1. The summed E-state index contributed by atoms with van der Waals surface area (Å²) in [7, 11) is 0. The van der Waals surface area contributed by atoms with Gasteiger partial charge in [-0.3, -0.25) is 9.59 Å². The molecule has 0 aliphatic carbocycles. The summed E-state index contributed by atoms with van der Waals surface area (Å²) in [5.41, 5.74) is 3.68. The molecule has 0 aliphatic rings. The number of benzene rings is 2. The van der Waals surface area contributed by atoms with E-state index in [2.05, 4.69) is 47.7 Å². The molecule has 0 fully saturated rings. The van der Waals surface area contributed by atoms with Gasteiger partial charge in [-0.25, -0.2) is 5.43 Å². The fraction of sp³-hybridized carbons (Fsp3) is 0.0625. The minimum Gasteiger partial charge on any atom is -0.343 e. The summed E-state index contributed by atoms with van der Waals surface area (Å²) in [6.07, 6.45) is 1.53. The van der Waals surface area contributed by atoms with Crippen LogP contribution >= 0.6 is 31.9 Å². The number of amides is 2. The Bertz CT molecular complexity index is 748. The van der Waals surface area contributed by atoms with Crippen LogP contribution in [0, 0.1) is 0 Å². The molecule has 0 saturated carbocycles. The molecule has 5 nitrogen and oxygen atoms in total. The van der Waals surface area contributed by atoms with Gasteiger partial charge in [0.05, 0.1) is 12.8 Å². The Morgan fingerprint density at radius 1 is 1.04 bits per heavy atom. The molecule has 0 heterocycles. The molecule has 23 heavy (non-hydrogen) atoms. The molecule has 2 aromatic rings. The first kappa shape index (κ1) is 17.4. The van der Waals surface area contributed by atoms with Crippen LogP contribution in [0.1, 0.15) is 15.9 Å². The standard InChI is InChI=1S/C16H13Br2N3O2/c17-13-5-1-3-11(7-13)9-20-21-15(22)10-19-16(23)12-4-2-6-14(18)8-12/h1-9H,10H2,(H,19,23)(H,21,22)/b20-9-. The van der Waals surface area contributed by atoms with Crippen LogP contribution in [0.15, 0.2) is 62.6 Å². The van der Waals surface area contributed by atoms with Gasteiger partial charge >= 0.3 is 0 Å². The molecular weight excluding hydrogens is 426 g/mol. The highest BCUT2D eigenvalue weighted by Crippen LogP contribution is 2.11. The van der Waals surface area contributed by atoms with Crippen molar-refractivity contribution in [2.75, 3.05) is 6.54 Å². The summed E-state index contributed by atoms with van der Waals surface area (Å²) in [6, 6.07) is 14.4. The molecule has 0 unspecified atom stereocenters. The average molecular weight is 439 g/mol. The summed E-state index contributed by atoms with van der Waals surface area (Å²) < 4.78 is 1.72. The van der Waals surface area contributed by atoms with Crippen molar-refractivity contribution in [2.45, 2.75) is 0 Å². The first-order chi connectivity index (χ1) is 11.0. The van der Waals surface area contributed by atoms with Crippen LogP contribution in [0.3, 0.4) is 0 Å². The summed E-state index contributed by atoms with van der Waals surface area (Å²) in [5, 5.41) is 6.37. The van der Waals surface area contributed by atoms with E-state index >= 15 is 0 Å². The number of halogens is 2. The lowest BCUT2D eigenvalue weighted by atomic mass is 10.2. The topological polar surface area (TPSA) is 70.6 Å². The van der Waals surface area contributed by atoms with E-state index in [-0.39, 0.29) is 12.5 Å². The van der Waals surface area contributed by atoms with Crippen LogP contribution in [0.4, 0.5) is 0 Å². The molecule has 0 spiro atoms. The minimum atomic E-state index is -0.403. The zero-order valence-electron chi connectivity index (χ0n) is 11.9. The number of carbonyl (C=O) groups excluding carboxylic acids is 2. The highest BCUT2D eigenvalue weighted by atomic mass is 79.9. The van der Waals surface area contributed by atoms with Gasteiger partial charge in [0, 0.05) is 14.5 Å². The lowest BCUT2D eigenvalue weighted by molar-refractivity contribution is -0.120. The van der Waals surface area contributed by atoms with Crippen molar-refractivity contribution < 1.29 is 9.59 Å². The maximum absolute atomic E-state index is 11.9. The predicted octanol–water partition coefficient (Wildman–Crippen LogP) is 3.09. The largest absolute Gasteiger partial charge is 0.343 e.